The largest absolute Gasteiger partial charge is 0.386 e. The number of thiazole rings is 2. The lowest BCUT2D eigenvalue weighted by Crippen LogP contribution is -2.48. The first kappa shape index (κ1) is 22.4. The van der Waals surface area contributed by atoms with Gasteiger partial charge in [0.15, 0.2) is 5.13 Å². The molecule has 2 saturated heterocycles. The molecule has 174 valence electrons. The number of aromatic nitrogens is 3. The van der Waals surface area contributed by atoms with Crippen LogP contribution in [0.15, 0.2) is 23.7 Å². The van der Waals surface area contributed by atoms with Gasteiger partial charge in [-0.25, -0.2) is 15.0 Å². The van der Waals surface area contributed by atoms with Gasteiger partial charge >= 0.3 is 0 Å². The number of carbonyl (C=O) groups is 1. The van der Waals surface area contributed by atoms with Crippen LogP contribution < -0.4 is 5.32 Å². The number of piperidine rings is 1. The summed E-state index contributed by atoms with van der Waals surface area (Å²) in [6.07, 6.45) is 5.23. The third-order valence-electron chi connectivity index (χ3n) is 6.41. The number of methoxy groups -OCH3 is 1. The molecule has 0 aromatic carbocycles. The zero-order valence-electron chi connectivity index (χ0n) is 18.8. The number of fused-ring (bicyclic) bond motifs is 2. The Labute approximate surface area is 200 Å². The standard InChI is InChI=1S/C23H27N5O3S2/c1-12-20(33-21(25-12)13(2)29)18-11-32-23(26-18)27-19-7-4-14(10-24-19)22(30)28-15-5-6-16(28)9-17(8-15)31-3/h4,7,10-11,13,15-17,29H,5-6,8-9H2,1-3H3,(H,24,26,27)/t13?,15-,16+,17?. The van der Waals surface area contributed by atoms with Gasteiger partial charge in [0.2, 0.25) is 0 Å². The molecule has 5 rings (SSSR count). The van der Waals surface area contributed by atoms with E-state index in [1.165, 1.54) is 22.7 Å². The van der Waals surface area contributed by atoms with Crippen LogP contribution in [0.4, 0.5) is 10.9 Å². The first-order valence-electron chi connectivity index (χ1n) is 11.1. The molecule has 2 N–H and O–H groups in total. The van der Waals surface area contributed by atoms with Crippen LogP contribution in [0.3, 0.4) is 0 Å². The molecule has 2 aliphatic rings. The van der Waals surface area contributed by atoms with Crippen LogP contribution in [0.5, 0.6) is 0 Å². The van der Waals surface area contributed by atoms with Gasteiger partial charge in [-0.1, -0.05) is 0 Å². The molecule has 0 radical (unpaired) electrons. The fraction of sp³-hybridized carbons (Fsp3) is 0.478. The molecule has 33 heavy (non-hydrogen) atoms. The molecule has 5 heterocycles. The summed E-state index contributed by atoms with van der Waals surface area (Å²) in [5.41, 5.74) is 2.29. The van der Waals surface area contributed by atoms with Gasteiger partial charge in [-0.15, -0.1) is 22.7 Å². The maximum absolute atomic E-state index is 13.2. The third-order valence-corrected chi connectivity index (χ3v) is 8.52. The van der Waals surface area contributed by atoms with E-state index in [-0.39, 0.29) is 24.1 Å². The number of aryl methyl sites for hydroxylation is 1. The van der Waals surface area contributed by atoms with Gasteiger partial charge in [-0.3, -0.25) is 4.79 Å². The maximum atomic E-state index is 13.2. The SMILES string of the molecule is COC1C[C@H]2CC[C@@H](C1)N2C(=O)c1ccc(Nc2nc(-c3sc(C(C)O)nc3C)cs2)nc1. The van der Waals surface area contributed by atoms with Crippen molar-refractivity contribution in [2.45, 2.75) is 63.8 Å². The van der Waals surface area contributed by atoms with E-state index in [2.05, 4.69) is 20.3 Å². The molecular weight excluding hydrogens is 458 g/mol. The molecule has 0 aliphatic carbocycles. The zero-order chi connectivity index (χ0) is 23.1. The number of aliphatic hydroxyl groups is 1. The van der Waals surface area contributed by atoms with E-state index in [1.807, 2.05) is 29.3 Å². The van der Waals surface area contributed by atoms with Crippen molar-refractivity contribution in [1.82, 2.24) is 19.9 Å². The van der Waals surface area contributed by atoms with Crippen molar-refractivity contribution in [2.75, 3.05) is 12.4 Å². The number of carbonyl (C=O) groups excluding carboxylic acids is 1. The van der Waals surface area contributed by atoms with E-state index >= 15 is 0 Å². The number of hydrogen-bond acceptors (Lipinski definition) is 9. The molecular formula is C23H27N5O3S2. The minimum absolute atomic E-state index is 0.0576. The Morgan fingerprint density at radius 1 is 1.27 bits per heavy atom. The fourth-order valence-corrected chi connectivity index (χ4v) is 6.52. The van der Waals surface area contributed by atoms with E-state index in [9.17, 15) is 9.90 Å². The first-order chi connectivity index (χ1) is 15.9. The van der Waals surface area contributed by atoms with Crippen molar-refractivity contribution in [1.29, 1.82) is 0 Å². The third kappa shape index (κ3) is 4.40. The van der Waals surface area contributed by atoms with Crippen LogP contribution in [0.2, 0.25) is 0 Å². The number of pyridine rings is 1. The lowest BCUT2D eigenvalue weighted by atomic mass is 9.99. The average Bonchev–Trinajstić information content (AvgIpc) is 3.49. The summed E-state index contributed by atoms with van der Waals surface area (Å²) in [5, 5.41) is 16.4. The Kier molecular flexibility index (Phi) is 6.17. The summed E-state index contributed by atoms with van der Waals surface area (Å²) in [4.78, 5) is 29.7. The molecule has 2 aliphatic heterocycles. The van der Waals surface area contributed by atoms with Crippen LogP contribution >= 0.6 is 22.7 Å². The van der Waals surface area contributed by atoms with Gasteiger partial charge < -0.3 is 20.1 Å². The molecule has 0 saturated carbocycles. The monoisotopic (exact) mass is 485 g/mol. The fourth-order valence-electron chi connectivity index (χ4n) is 4.77. The number of hydrogen-bond donors (Lipinski definition) is 2. The van der Waals surface area contributed by atoms with Crippen molar-refractivity contribution >= 4 is 39.5 Å². The molecule has 2 fully saturated rings. The molecule has 8 nitrogen and oxygen atoms in total. The highest BCUT2D eigenvalue weighted by atomic mass is 32.1. The van der Waals surface area contributed by atoms with Crippen molar-refractivity contribution in [3.8, 4) is 10.6 Å². The summed E-state index contributed by atoms with van der Waals surface area (Å²) >= 11 is 2.93. The van der Waals surface area contributed by atoms with Crippen LogP contribution in [0.1, 0.15) is 59.8 Å². The minimum Gasteiger partial charge on any atom is -0.386 e. The number of amides is 1. The van der Waals surface area contributed by atoms with Gasteiger partial charge in [-0.2, -0.15) is 0 Å². The lowest BCUT2D eigenvalue weighted by Gasteiger charge is -2.38. The second-order valence-electron chi connectivity index (χ2n) is 8.66. The van der Waals surface area contributed by atoms with Crippen LogP contribution in [0, 0.1) is 6.92 Å². The lowest BCUT2D eigenvalue weighted by molar-refractivity contribution is 0.00820. The molecule has 3 aromatic rings. The Balaban J connectivity index is 1.26. The first-order valence-corrected chi connectivity index (χ1v) is 12.8. The van der Waals surface area contributed by atoms with E-state index < -0.39 is 6.10 Å². The van der Waals surface area contributed by atoms with Gasteiger partial charge in [-0.05, 0) is 51.7 Å². The Bertz CT molecular complexity index is 1130. The van der Waals surface area contributed by atoms with E-state index in [1.54, 1.807) is 20.2 Å². The molecule has 2 unspecified atom stereocenters. The van der Waals surface area contributed by atoms with Gasteiger partial charge in [0.1, 0.15) is 16.9 Å². The number of rotatable bonds is 6. The number of nitrogens with one attached hydrogen (secondary N) is 1. The highest BCUT2D eigenvalue weighted by Gasteiger charge is 2.43. The summed E-state index contributed by atoms with van der Waals surface area (Å²) in [6.45, 7) is 3.63. The van der Waals surface area contributed by atoms with E-state index in [4.69, 9.17) is 4.74 Å². The van der Waals surface area contributed by atoms with Gasteiger partial charge in [0, 0.05) is 30.8 Å². The van der Waals surface area contributed by atoms with Crippen LogP contribution in [-0.2, 0) is 4.74 Å². The van der Waals surface area contributed by atoms with Gasteiger partial charge in [0.05, 0.1) is 27.9 Å². The van der Waals surface area contributed by atoms with Crippen LogP contribution in [-0.4, -0.2) is 56.2 Å². The van der Waals surface area contributed by atoms with Crippen LogP contribution in [0.25, 0.3) is 10.6 Å². The van der Waals surface area contributed by atoms with E-state index in [0.717, 1.165) is 41.9 Å². The molecule has 1 amide bonds. The number of nitrogens with zero attached hydrogens (tertiary/aromatic N) is 4. The highest BCUT2D eigenvalue weighted by Crippen LogP contribution is 2.38. The number of aliphatic hydroxyl groups excluding tert-OH is 1. The summed E-state index contributed by atoms with van der Waals surface area (Å²) in [5.74, 6) is 0.696. The van der Waals surface area contributed by atoms with E-state index in [0.29, 0.717) is 21.5 Å². The predicted octanol–water partition coefficient (Wildman–Crippen LogP) is 4.55. The normalized spacial score (nSPS) is 23.0. The Hall–Kier alpha value is -2.40. The minimum atomic E-state index is -0.592. The van der Waals surface area contributed by atoms with Crippen molar-refractivity contribution < 1.29 is 14.6 Å². The highest BCUT2D eigenvalue weighted by molar-refractivity contribution is 7.17. The van der Waals surface area contributed by atoms with Gasteiger partial charge in [0.25, 0.3) is 5.91 Å². The molecule has 10 heteroatoms. The zero-order valence-corrected chi connectivity index (χ0v) is 20.4. The average molecular weight is 486 g/mol. The number of ether oxygens (including phenoxy) is 1. The smallest absolute Gasteiger partial charge is 0.255 e. The Morgan fingerprint density at radius 2 is 2.03 bits per heavy atom. The quantitative estimate of drug-likeness (QED) is 0.528. The van der Waals surface area contributed by atoms with Crippen molar-refractivity contribution in [3.05, 3.63) is 40.0 Å². The molecule has 4 atom stereocenters. The van der Waals surface area contributed by atoms with Crippen molar-refractivity contribution in [3.63, 3.8) is 0 Å². The molecule has 0 spiro atoms. The predicted molar refractivity (Wildman–Crippen MR) is 129 cm³/mol. The summed E-state index contributed by atoms with van der Waals surface area (Å²) < 4.78 is 5.55. The molecule has 2 bridgehead atoms. The second-order valence-corrected chi connectivity index (χ2v) is 10.6. The maximum Gasteiger partial charge on any atom is 0.255 e. The number of anilines is 2. The second kappa shape index (κ2) is 9.09. The van der Waals surface area contributed by atoms with Crippen molar-refractivity contribution in [2.24, 2.45) is 0 Å². The summed E-state index contributed by atoms with van der Waals surface area (Å²) in [6, 6.07) is 4.17. The Morgan fingerprint density at radius 3 is 2.64 bits per heavy atom. The topological polar surface area (TPSA) is 100 Å². The summed E-state index contributed by atoms with van der Waals surface area (Å²) in [7, 11) is 1.76. The molecule has 3 aromatic heterocycles.